The summed E-state index contributed by atoms with van der Waals surface area (Å²) in [4.78, 5) is 41.7. The first kappa shape index (κ1) is 29.0. The van der Waals surface area contributed by atoms with Gasteiger partial charge in [-0.05, 0) is 64.5 Å². The minimum atomic E-state index is -0.640. The first-order valence-corrected chi connectivity index (χ1v) is 12.7. The van der Waals surface area contributed by atoms with Gasteiger partial charge in [-0.2, -0.15) is 0 Å². The highest BCUT2D eigenvalue weighted by atomic mass is 16.6. The number of hydrogen-bond acceptors (Lipinski definition) is 5. The second-order valence-electron chi connectivity index (χ2n) is 9.72. The van der Waals surface area contributed by atoms with Crippen molar-refractivity contribution >= 4 is 28.5 Å². The molecule has 1 aromatic heterocycles. The lowest BCUT2D eigenvalue weighted by molar-refractivity contribution is 0.0532. The predicted octanol–water partition coefficient (Wildman–Crippen LogP) is 5.72. The summed E-state index contributed by atoms with van der Waals surface area (Å²) in [6.07, 6.45) is 4.34. The summed E-state index contributed by atoms with van der Waals surface area (Å²) in [5, 5.41) is 5.99. The molecule has 0 aliphatic heterocycles. The van der Waals surface area contributed by atoms with Gasteiger partial charge in [0.15, 0.2) is 0 Å². The largest absolute Gasteiger partial charge is 0.493 e. The maximum absolute atomic E-state index is 13.4. The maximum atomic E-state index is 13.4. The lowest BCUT2D eigenvalue weighted by atomic mass is 10.0. The van der Waals surface area contributed by atoms with Gasteiger partial charge < -0.3 is 25.1 Å². The number of allylic oxidation sites excluding steroid dienone is 2. The number of benzene rings is 2. The Bertz CT molecular complexity index is 1490. The molecular weight excluding hydrogens is 494 g/mol. The quantitative estimate of drug-likeness (QED) is 0.307. The number of aromatic nitrogens is 1. The molecule has 1 heterocycles. The van der Waals surface area contributed by atoms with Crippen LogP contribution in [0.4, 0.5) is 4.79 Å². The zero-order valence-corrected chi connectivity index (χ0v) is 23.0. The number of para-hydroxylation sites is 2. The summed E-state index contributed by atoms with van der Waals surface area (Å²) < 4.78 is 11.1. The highest BCUT2D eigenvalue weighted by Gasteiger charge is 2.19. The van der Waals surface area contributed by atoms with Crippen molar-refractivity contribution in [2.75, 3.05) is 13.2 Å². The van der Waals surface area contributed by atoms with Crippen molar-refractivity contribution < 1.29 is 19.1 Å². The third-order valence-electron chi connectivity index (χ3n) is 5.65. The van der Waals surface area contributed by atoms with Gasteiger partial charge in [0.2, 0.25) is 5.43 Å². The van der Waals surface area contributed by atoms with Crippen molar-refractivity contribution in [2.24, 2.45) is 0 Å². The molecule has 0 saturated heterocycles. The van der Waals surface area contributed by atoms with Gasteiger partial charge in [-0.3, -0.25) is 9.59 Å². The highest BCUT2D eigenvalue weighted by molar-refractivity contribution is 6.00. The number of carbonyl (C=O) groups excluding carboxylic acids is 2. The Morgan fingerprint density at radius 1 is 1.05 bits per heavy atom. The van der Waals surface area contributed by atoms with Crippen LogP contribution in [0.3, 0.4) is 0 Å². The smallest absolute Gasteiger partial charge is 0.407 e. The van der Waals surface area contributed by atoms with Crippen molar-refractivity contribution in [2.45, 2.75) is 40.2 Å². The van der Waals surface area contributed by atoms with Crippen molar-refractivity contribution in [3.05, 3.63) is 106 Å². The molecule has 0 aliphatic rings. The number of carbonyl (C=O) groups is 2. The Balaban J connectivity index is 1.98. The normalized spacial score (nSPS) is 12.1. The molecule has 0 spiro atoms. The minimum Gasteiger partial charge on any atom is -0.493 e. The Labute approximate surface area is 228 Å². The van der Waals surface area contributed by atoms with Crippen LogP contribution in [-0.2, 0) is 4.74 Å². The molecule has 2 amide bonds. The monoisotopic (exact) mass is 529 g/mol. The highest BCUT2D eigenvalue weighted by Crippen LogP contribution is 2.29. The SMILES string of the molecule is C=C(/C(=C\C(=C/C)CNC(=O)OC(C)(C)C)NC(=O)c1c[nH]c2ccccc2c1=O)c1ccccc1OCC. The van der Waals surface area contributed by atoms with Crippen LogP contribution in [0.15, 0.2) is 89.5 Å². The molecule has 0 saturated carbocycles. The van der Waals surface area contributed by atoms with Gasteiger partial charge in [-0.1, -0.05) is 43.0 Å². The number of nitrogens with one attached hydrogen (secondary N) is 3. The van der Waals surface area contributed by atoms with E-state index in [9.17, 15) is 14.4 Å². The van der Waals surface area contributed by atoms with Gasteiger partial charge in [0.05, 0.1) is 6.61 Å². The molecule has 2 aromatic carbocycles. The third kappa shape index (κ3) is 7.70. The van der Waals surface area contributed by atoms with E-state index in [2.05, 4.69) is 22.2 Å². The molecule has 0 aliphatic carbocycles. The number of rotatable bonds is 9. The van der Waals surface area contributed by atoms with E-state index in [0.717, 1.165) is 0 Å². The number of ether oxygens (including phenoxy) is 2. The molecule has 204 valence electrons. The van der Waals surface area contributed by atoms with Crippen LogP contribution >= 0.6 is 0 Å². The first-order chi connectivity index (χ1) is 18.5. The lowest BCUT2D eigenvalue weighted by Crippen LogP contribution is -2.33. The standard InChI is InChI=1S/C31H35N3O5/c1-7-21(18-33-30(37)39-31(4,5)6)17-26(20(3)22-13-10-12-16-27(22)38-8-2)34-29(36)24-19-32-25-15-11-9-14-23(25)28(24)35/h7,9-17,19H,3,8,18H2,1-2,4-6H3,(H,32,35)(H,33,37)(H,34,36)/b21-7+,26-17+. The zero-order chi connectivity index (χ0) is 28.6. The molecule has 0 bridgehead atoms. The van der Waals surface area contributed by atoms with Crippen LogP contribution in [0.5, 0.6) is 5.75 Å². The van der Waals surface area contributed by atoms with E-state index < -0.39 is 17.6 Å². The first-order valence-electron chi connectivity index (χ1n) is 12.7. The van der Waals surface area contributed by atoms with Crippen LogP contribution in [0, 0.1) is 0 Å². The number of hydrogen-bond donors (Lipinski definition) is 3. The van der Waals surface area contributed by atoms with Crippen molar-refractivity contribution in [1.82, 2.24) is 15.6 Å². The number of fused-ring (bicyclic) bond motifs is 1. The van der Waals surface area contributed by atoms with Crippen LogP contribution in [0.1, 0.15) is 50.5 Å². The van der Waals surface area contributed by atoms with Crippen LogP contribution in [0.25, 0.3) is 16.5 Å². The van der Waals surface area contributed by atoms with Gasteiger partial charge in [0.1, 0.15) is 16.9 Å². The Kier molecular flexibility index (Phi) is 9.49. The third-order valence-corrected chi connectivity index (χ3v) is 5.65. The number of H-pyrrole nitrogens is 1. The molecule has 3 N–H and O–H groups in total. The second-order valence-corrected chi connectivity index (χ2v) is 9.72. The molecule has 8 nitrogen and oxygen atoms in total. The van der Waals surface area contributed by atoms with Gasteiger partial charge in [-0.25, -0.2) is 4.79 Å². The minimum absolute atomic E-state index is 0.0422. The van der Waals surface area contributed by atoms with E-state index in [1.807, 2.05) is 44.2 Å². The Hall–Kier alpha value is -4.59. The molecule has 0 unspecified atom stereocenters. The van der Waals surface area contributed by atoms with Gasteiger partial charge >= 0.3 is 6.09 Å². The summed E-state index contributed by atoms with van der Waals surface area (Å²) in [5.41, 5.74) is 1.74. The summed E-state index contributed by atoms with van der Waals surface area (Å²) in [5.74, 6) is 0.00135. The Morgan fingerprint density at radius 2 is 1.74 bits per heavy atom. The van der Waals surface area contributed by atoms with Crippen LogP contribution in [-0.4, -0.2) is 35.7 Å². The lowest BCUT2D eigenvalue weighted by Gasteiger charge is -2.20. The second kappa shape index (κ2) is 12.8. The Morgan fingerprint density at radius 3 is 2.44 bits per heavy atom. The molecule has 8 heteroatoms. The molecule has 0 atom stereocenters. The summed E-state index contributed by atoms with van der Waals surface area (Å²) >= 11 is 0. The van der Waals surface area contributed by atoms with Crippen LogP contribution < -0.4 is 20.8 Å². The van der Waals surface area contributed by atoms with E-state index in [0.29, 0.717) is 45.7 Å². The average molecular weight is 530 g/mol. The molecular formula is C31H35N3O5. The fourth-order valence-corrected chi connectivity index (χ4v) is 3.78. The topological polar surface area (TPSA) is 110 Å². The molecule has 39 heavy (non-hydrogen) atoms. The number of alkyl carbamates (subject to hydrolysis) is 1. The fourth-order valence-electron chi connectivity index (χ4n) is 3.78. The van der Waals surface area contributed by atoms with E-state index in [-0.39, 0.29) is 17.5 Å². The summed E-state index contributed by atoms with van der Waals surface area (Å²) in [6, 6.07) is 14.3. The summed E-state index contributed by atoms with van der Waals surface area (Å²) in [6.45, 7) is 13.9. The maximum Gasteiger partial charge on any atom is 0.407 e. The number of aromatic amines is 1. The van der Waals surface area contributed by atoms with Gasteiger partial charge in [0.25, 0.3) is 5.91 Å². The average Bonchev–Trinajstić information content (AvgIpc) is 2.89. The van der Waals surface area contributed by atoms with E-state index >= 15 is 0 Å². The van der Waals surface area contributed by atoms with E-state index in [4.69, 9.17) is 9.47 Å². The molecule has 0 radical (unpaired) electrons. The molecule has 3 rings (SSSR count). The molecule has 0 fully saturated rings. The van der Waals surface area contributed by atoms with E-state index in [1.54, 1.807) is 51.1 Å². The van der Waals surface area contributed by atoms with E-state index in [1.165, 1.54) is 6.20 Å². The van der Waals surface area contributed by atoms with Crippen LogP contribution in [0.2, 0.25) is 0 Å². The van der Waals surface area contributed by atoms with Crippen molar-refractivity contribution in [3.8, 4) is 5.75 Å². The fraction of sp³-hybridized carbons (Fsp3) is 0.258. The molecule has 3 aromatic rings. The zero-order valence-electron chi connectivity index (χ0n) is 23.0. The van der Waals surface area contributed by atoms with Gasteiger partial charge in [-0.15, -0.1) is 0 Å². The summed E-state index contributed by atoms with van der Waals surface area (Å²) in [7, 11) is 0. The number of pyridine rings is 1. The van der Waals surface area contributed by atoms with Gasteiger partial charge in [0, 0.05) is 40.5 Å². The predicted molar refractivity (Wildman–Crippen MR) is 155 cm³/mol. The van der Waals surface area contributed by atoms with Crippen molar-refractivity contribution in [3.63, 3.8) is 0 Å². The number of amides is 2. The van der Waals surface area contributed by atoms with Crippen molar-refractivity contribution in [1.29, 1.82) is 0 Å².